The molecule has 1 saturated heterocycles. The third-order valence-electron chi connectivity index (χ3n) is 4.92. The van der Waals surface area contributed by atoms with Gasteiger partial charge in [0.25, 0.3) is 5.91 Å². The Morgan fingerprint density at radius 1 is 1.18 bits per heavy atom. The second-order valence-corrected chi connectivity index (χ2v) is 6.67. The van der Waals surface area contributed by atoms with Crippen LogP contribution in [-0.2, 0) is 10.3 Å². The summed E-state index contributed by atoms with van der Waals surface area (Å²) >= 11 is 0. The first kappa shape index (κ1) is 17.8. The monoisotopic (exact) mass is 382 g/mol. The molecule has 1 N–H and O–H groups in total. The average molecular weight is 382 g/mol. The maximum Gasteiger partial charge on any atom is 0.325 e. The zero-order valence-electron chi connectivity index (χ0n) is 15.4. The van der Waals surface area contributed by atoms with Gasteiger partial charge in [-0.05, 0) is 36.8 Å². The van der Waals surface area contributed by atoms with Crippen molar-refractivity contribution < 1.29 is 28.6 Å². The second kappa shape index (κ2) is 6.56. The molecule has 1 fully saturated rings. The number of hydrogen-bond acceptors (Lipinski definition) is 6. The van der Waals surface area contributed by atoms with Crippen LogP contribution in [0.1, 0.15) is 22.8 Å². The molecular formula is C20H18N2O6. The molecule has 1 atom stereocenters. The largest absolute Gasteiger partial charge is 0.497 e. The predicted molar refractivity (Wildman–Crippen MR) is 97.5 cm³/mol. The highest BCUT2D eigenvalue weighted by Crippen LogP contribution is 2.37. The van der Waals surface area contributed by atoms with Crippen LogP contribution in [0.5, 0.6) is 17.2 Å². The van der Waals surface area contributed by atoms with Gasteiger partial charge in [0, 0.05) is 5.56 Å². The quantitative estimate of drug-likeness (QED) is 0.629. The van der Waals surface area contributed by atoms with E-state index in [0.717, 1.165) is 4.90 Å². The van der Waals surface area contributed by atoms with Gasteiger partial charge >= 0.3 is 6.03 Å². The maximum absolute atomic E-state index is 13.0. The molecule has 8 nitrogen and oxygen atoms in total. The van der Waals surface area contributed by atoms with Crippen LogP contribution in [0, 0.1) is 0 Å². The van der Waals surface area contributed by atoms with Crippen LogP contribution < -0.4 is 19.5 Å². The first-order chi connectivity index (χ1) is 13.4. The van der Waals surface area contributed by atoms with E-state index >= 15 is 0 Å². The summed E-state index contributed by atoms with van der Waals surface area (Å²) in [6, 6.07) is 11.0. The zero-order chi connectivity index (χ0) is 19.9. The summed E-state index contributed by atoms with van der Waals surface area (Å²) in [6.07, 6.45) is 0. The van der Waals surface area contributed by atoms with E-state index in [-0.39, 0.29) is 19.1 Å². The van der Waals surface area contributed by atoms with Crippen LogP contribution in [0.4, 0.5) is 4.79 Å². The fourth-order valence-electron chi connectivity index (χ4n) is 3.28. The van der Waals surface area contributed by atoms with E-state index in [1.165, 1.54) is 7.11 Å². The zero-order valence-corrected chi connectivity index (χ0v) is 15.4. The van der Waals surface area contributed by atoms with E-state index in [4.69, 9.17) is 14.2 Å². The molecule has 2 aliphatic rings. The first-order valence-electron chi connectivity index (χ1n) is 8.64. The fraction of sp³-hybridized carbons (Fsp3) is 0.250. The third-order valence-corrected chi connectivity index (χ3v) is 4.92. The Labute approximate surface area is 161 Å². The fourth-order valence-corrected chi connectivity index (χ4v) is 3.28. The van der Waals surface area contributed by atoms with Crippen molar-refractivity contribution >= 4 is 17.7 Å². The first-order valence-corrected chi connectivity index (χ1v) is 8.64. The molecule has 3 amide bonds. The van der Waals surface area contributed by atoms with Crippen molar-refractivity contribution in [2.75, 3.05) is 20.4 Å². The predicted octanol–water partition coefficient (Wildman–Crippen LogP) is 2.07. The highest BCUT2D eigenvalue weighted by atomic mass is 16.7. The van der Waals surface area contributed by atoms with Gasteiger partial charge in [-0.25, -0.2) is 4.79 Å². The van der Waals surface area contributed by atoms with Gasteiger partial charge in [0.2, 0.25) is 6.79 Å². The van der Waals surface area contributed by atoms with Gasteiger partial charge < -0.3 is 19.5 Å². The number of rotatable bonds is 5. The van der Waals surface area contributed by atoms with E-state index in [0.29, 0.717) is 28.4 Å². The summed E-state index contributed by atoms with van der Waals surface area (Å²) in [5.74, 6) is 0.735. The SMILES string of the molecule is COc1cccc(C(=O)CN2C(=O)N[C@@](C)(c3ccc4c(c3)OCO4)C2=O)c1. The van der Waals surface area contributed by atoms with E-state index in [2.05, 4.69) is 5.32 Å². The summed E-state index contributed by atoms with van der Waals surface area (Å²) in [6.45, 7) is 1.34. The van der Waals surface area contributed by atoms with E-state index in [1.54, 1.807) is 49.4 Å². The topological polar surface area (TPSA) is 94.2 Å². The highest BCUT2D eigenvalue weighted by molar-refractivity contribution is 6.11. The number of nitrogens with one attached hydrogen (secondary N) is 1. The number of hydrogen-bond donors (Lipinski definition) is 1. The molecule has 0 aliphatic carbocycles. The Balaban J connectivity index is 1.57. The normalized spacial score (nSPS) is 20.3. The standard InChI is InChI=1S/C20H18N2O6/c1-20(13-6-7-16-17(9-13)28-11-27-16)18(24)22(19(25)21-20)10-15(23)12-4-3-5-14(8-12)26-2/h3-9H,10-11H2,1-2H3,(H,21,25)/t20-/m0/s1. The molecule has 28 heavy (non-hydrogen) atoms. The Hall–Kier alpha value is -3.55. The number of amides is 3. The minimum Gasteiger partial charge on any atom is -0.497 e. The van der Waals surface area contributed by atoms with Gasteiger partial charge in [-0.3, -0.25) is 14.5 Å². The molecule has 2 heterocycles. The smallest absolute Gasteiger partial charge is 0.325 e. The van der Waals surface area contributed by atoms with Crippen molar-refractivity contribution in [3.05, 3.63) is 53.6 Å². The van der Waals surface area contributed by atoms with Gasteiger partial charge in [0.05, 0.1) is 13.7 Å². The summed E-state index contributed by atoms with van der Waals surface area (Å²) in [7, 11) is 1.50. The lowest BCUT2D eigenvalue weighted by molar-refractivity contribution is -0.130. The summed E-state index contributed by atoms with van der Waals surface area (Å²) in [5, 5.41) is 2.68. The number of nitrogens with zero attached hydrogens (tertiary/aromatic N) is 1. The number of ketones is 1. The Morgan fingerprint density at radius 2 is 1.96 bits per heavy atom. The van der Waals surface area contributed by atoms with Gasteiger partial charge in [-0.1, -0.05) is 18.2 Å². The van der Waals surface area contributed by atoms with Crippen LogP contribution in [0.25, 0.3) is 0 Å². The van der Waals surface area contributed by atoms with Gasteiger partial charge in [0.1, 0.15) is 11.3 Å². The summed E-state index contributed by atoms with van der Waals surface area (Å²) in [4.78, 5) is 39.0. The van der Waals surface area contributed by atoms with Crippen LogP contribution in [0.15, 0.2) is 42.5 Å². The van der Waals surface area contributed by atoms with Crippen LogP contribution in [-0.4, -0.2) is 43.1 Å². The molecular weight excluding hydrogens is 364 g/mol. The van der Waals surface area contributed by atoms with Crippen LogP contribution in [0.3, 0.4) is 0 Å². The number of Topliss-reactive ketones (excluding diaryl/α,β-unsaturated/α-hetero) is 1. The van der Waals surface area contributed by atoms with Crippen molar-refractivity contribution in [1.29, 1.82) is 0 Å². The van der Waals surface area contributed by atoms with Crippen molar-refractivity contribution in [2.24, 2.45) is 0 Å². The van der Waals surface area contributed by atoms with Crippen molar-refractivity contribution in [2.45, 2.75) is 12.5 Å². The highest BCUT2D eigenvalue weighted by Gasteiger charge is 2.49. The molecule has 8 heteroatoms. The maximum atomic E-state index is 13.0. The number of ether oxygens (including phenoxy) is 3. The number of urea groups is 1. The number of imide groups is 1. The Bertz CT molecular complexity index is 988. The van der Waals surface area contributed by atoms with E-state index < -0.39 is 17.5 Å². The second-order valence-electron chi connectivity index (χ2n) is 6.67. The molecule has 0 radical (unpaired) electrons. The van der Waals surface area contributed by atoms with Crippen molar-refractivity contribution in [3.63, 3.8) is 0 Å². The average Bonchev–Trinajstić information content (AvgIpc) is 3.26. The summed E-state index contributed by atoms with van der Waals surface area (Å²) in [5.41, 5.74) is -0.393. The number of fused-ring (bicyclic) bond motifs is 1. The minimum absolute atomic E-state index is 0.108. The van der Waals surface area contributed by atoms with E-state index in [1.807, 2.05) is 0 Å². The van der Waals surface area contributed by atoms with E-state index in [9.17, 15) is 14.4 Å². The molecule has 0 bridgehead atoms. The van der Waals surface area contributed by atoms with Crippen LogP contribution in [0.2, 0.25) is 0 Å². The lowest BCUT2D eigenvalue weighted by Gasteiger charge is -2.22. The number of carbonyl (C=O) groups is 3. The molecule has 2 aromatic rings. The molecule has 2 aliphatic heterocycles. The van der Waals surface area contributed by atoms with Crippen molar-refractivity contribution in [3.8, 4) is 17.2 Å². The Morgan fingerprint density at radius 3 is 2.75 bits per heavy atom. The number of benzene rings is 2. The molecule has 0 saturated carbocycles. The molecule has 0 spiro atoms. The lowest BCUT2D eigenvalue weighted by Crippen LogP contribution is -2.41. The minimum atomic E-state index is -1.30. The van der Waals surface area contributed by atoms with Crippen molar-refractivity contribution in [1.82, 2.24) is 10.2 Å². The number of methoxy groups -OCH3 is 1. The molecule has 144 valence electrons. The lowest BCUT2D eigenvalue weighted by atomic mass is 9.91. The van der Waals surface area contributed by atoms with Crippen LogP contribution >= 0.6 is 0 Å². The molecule has 4 rings (SSSR count). The molecule has 0 unspecified atom stereocenters. The van der Waals surface area contributed by atoms with Gasteiger partial charge in [-0.2, -0.15) is 0 Å². The number of carbonyl (C=O) groups excluding carboxylic acids is 3. The van der Waals surface area contributed by atoms with Gasteiger partial charge in [0.15, 0.2) is 17.3 Å². The molecule has 0 aromatic heterocycles. The Kier molecular flexibility index (Phi) is 4.18. The summed E-state index contributed by atoms with van der Waals surface area (Å²) < 4.78 is 15.7. The third kappa shape index (κ3) is 2.83. The van der Waals surface area contributed by atoms with Gasteiger partial charge in [-0.15, -0.1) is 0 Å². The molecule has 2 aromatic carbocycles.